The quantitative estimate of drug-likeness (QED) is 0.639. The number of halogens is 1. The van der Waals surface area contributed by atoms with Crippen molar-refractivity contribution in [3.63, 3.8) is 0 Å². The van der Waals surface area contributed by atoms with E-state index >= 15 is 0 Å². The van der Waals surface area contributed by atoms with E-state index in [4.69, 9.17) is 16.7 Å². The van der Waals surface area contributed by atoms with Gasteiger partial charge in [0.15, 0.2) is 0 Å². The molecular formula is C12H13ClN2O5. The Morgan fingerprint density at radius 2 is 1.85 bits per heavy atom. The van der Waals surface area contributed by atoms with Crippen LogP contribution >= 0.6 is 11.6 Å². The molecule has 1 aromatic carbocycles. The van der Waals surface area contributed by atoms with Crippen LogP contribution in [0.1, 0.15) is 10.4 Å². The molecule has 2 atom stereocenters. The lowest BCUT2D eigenvalue weighted by Gasteiger charge is -2.17. The van der Waals surface area contributed by atoms with Crippen molar-refractivity contribution in [3.05, 3.63) is 28.8 Å². The highest BCUT2D eigenvalue weighted by molar-refractivity contribution is 6.31. The first-order chi connectivity index (χ1) is 9.38. The third-order valence-corrected chi connectivity index (χ3v) is 3.23. The van der Waals surface area contributed by atoms with Gasteiger partial charge in [0, 0.05) is 5.02 Å². The number of carboxylic acid groups (broad SMARTS) is 1. The molecule has 7 nitrogen and oxygen atoms in total. The molecule has 1 aliphatic heterocycles. The van der Waals surface area contributed by atoms with E-state index in [1.54, 1.807) is 0 Å². The number of rotatable bonds is 2. The number of aliphatic hydroxyl groups is 2. The number of carboxylic acids is 1. The Morgan fingerprint density at radius 1 is 1.25 bits per heavy atom. The first-order valence-corrected chi connectivity index (χ1v) is 6.21. The molecule has 1 saturated heterocycles. The van der Waals surface area contributed by atoms with Crippen LogP contribution in [0, 0.1) is 0 Å². The summed E-state index contributed by atoms with van der Waals surface area (Å²) in [6, 6.07) is 3.47. The van der Waals surface area contributed by atoms with Gasteiger partial charge in [0.1, 0.15) is 0 Å². The van der Waals surface area contributed by atoms with Gasteiger partial charge in [0.25, 0.3) is 0 Å². The number of aliphatic hydroxyl groups excluding tert-OH is 2. The van der Waals surface area contributed by atoms with E-state index in [1.807, 2.05) is 0 Å². The van der Waals surface area contributed by atoms with Gasteiger partial charge in [-0.15, -0.1) is 0 Å². The Labute approximate surface area is 119 Å². The molecule has 4 N–H and O–H groups in total. The summed E-state index contributed by atoms with van der Waals surface area (Å²) in [5.74, 6) is -1.22. The molecule has 1 aromatic rings. The highest BCUT2D eigenvalue weighted by atomic mass is 35.5. The molecule has 0 saturated carbocycles. The molecule has 0 aliphatic carbocycles. The van der Waals surface area contributed by atoms with Crippen LogP contribution in [0.25, 0.3) is 0 Å². The Morgan fingerprint density at radius 3 is 2.40 bits per heavy atom. The number of benzene rings is 1. The number of hydrogen-bond acceptors (Lipinski definition) is 4. The first-order valence-electron chi connectivity index (χ1n) is 5.83. The van der Waals surface area contributed by atoms with Crippen molar-refractivity contribution in [1.29, 1.82) is 0 Å². The number of hydrogen-bond donors (Lipinski definition) is 4. The summed E-state index contributed by atoms with van der Waals surface area (Å²) in [6.45, 7) is -0.0218. The van der Waals surface area contributed by atoms with E-state index in [0.29, 0.717) is 0 Å². The number of β-amino-alcohol motifs (C(OH)–C–C–N with tert-alkyl or cyclic N) is 2. The zero-order valence-electron chi connectivity index (χ0n) is 10.3. The molecule has 0 aromatic heterocycles. The molecule has 2 unspecified atom stereocenters. The van der Waals surface area contributed by atoms with Crippen LogP contribution in [-0.2, 0) is 0 Å². The number of urea groups is 1. The number of anilines is 1. The van der Waals surface area contributed by atoms with E-state index < -0.39 is 24.2 Å². The number of carbonyl (C=O) groups is 2. The summed E-state index contributed by atoms with van der Waals surface area (Å²) in [7, 11) is 0. The van der Waals surface area contributed by atoms with Gasteiger partial charge in [-0.3, -0.25) is 0 Å². The fourth-order valence-corrected chi connectivity index (χ4v) is 2.10. The molecule has 1 fully saturated rings. The van der Waals surface area contributed by atoms with Gasteiger partial charge in [0.05, 0.1) is 36.5 Å². The largest absolute Gasteiger partial charge is 0.478 e. The zero-order valence-corrected chi connectivity index (χ0v) is 11.0. The van der Waals surface area contributed by atoms with Crippen molar-refractivity contribution in [3.8, 4) is 0 Å². The minimum Gasteiger partial charge on any atom is -0.478 e. The van der Waals surface area contributed by atoms with Gasteiger partial charge in [-0.25, -0.2) is 9.59 Å². The molecule has 0 bridgehead atoms. The molecule has 2 rings (SSSR count). The Kier molecular flexibility index (Phi) is 4.12. The number of likely N-dealkylation sites (tertiary alicyclic amines) is 1. The summed E-state index contributed by atoms with van der Waals surface area (Å²) in [4.78, 5) is 24.2. The molecule has 108 valence electrons. The highest BCUT2D eigenvalue weighted by Crippen LogP contribution is 2.22. The highest BCUT2D eigenvalue weighted by Gasteiger charge is 2.32. The number of amides is 2. The van der Waals surface area contributed by atoms with Crippen molar-refractivity contribution in [1.82, 2.24) is 4.90 Å². The van der Waals surface area contributed by atoms with E-state index in [2.05, 4.69) is 5.32 Å². The molecule has 20 heavy (non-hydrogen) atoms. The van der Waals surface area contributed by atoms with Crippen molar-refractivity contribution >= 4 is 29.3 Å². The van der Waals surface area contributed by atoms with Crippen LogP contribution in [0.4, 0.5) is 10.5 Å². The second-order valence-corrected chi connectivity index (χ2v) is 4.90. The molecular weight excluding hydrogens is 288 g/mol. The van der Waals surface area contributed by atoms with Crippen LogP contribution in [0.5, 0.6) is 0 Å². The first kappa shape index (κ1) is 14.6. The zero-order chi connectivity index (χ0) is 14.9. The second-order valence-electron chi connectivity index (χ2n) is 4.46. The Bertz CT molecular complexity index is 541. The van der Waals surface area contributed by atoms with Crippen LogP contribution in [0.15, 0.2) is 18.2 Å². The average Bonchev–Trinajstić information content (AvgIpc) is 2.71. The fourth-order valence-electron chi connectivity index (χ4n) is 1.93. The fraction of sp³-hybridized carbons (Fsp3) is 0.333. The topological polar surface area (TPSA) is 110 Å². The van der Waals surface area contributed by atoms with E-state index in [1.165, 1.54) is 23.1 Å². The minimum absolute atomic E-state index is 0.0109. The van der Waals surface area contributed by atoms with Crippen molar-refractivity contribution in [2.45, 2.75) is 12.2 Å². The molecule has 1 aliphatic rings. The normalized spacial score (nSPS) is 21.9. The second kappa shape index (κ2) is 5.66. The summed E-state index contributed by atoms with van der Waals surface area (Å²) in [6.07, 6.45) is -1.99. The SMILES string of the molecule is O=C(O)c1cc(Cl)ccc1NC(=O)N1CC(O)C(O)C1. The van der Waals surface area contributed by atoms with Gasteiger partial charge in [-0.2, -0.15) is 0 Å². The van der Waals surface area contributed by atoms with Gasteiger partial charge in [-0.1, -0.05) is 11.6 Å². The van der Waals surface area contributed by atoms with Crippen molar-refractivity contribution in [2.75, 3.05) is 18.4 Å². The third-order valence-electron chi connectivity index (χ3n) is 3.00. The summed E-state index contributed by atoms with van der Waals surface area (Å²) in [5.41, 5.74) is -0.0334. The van der Waals surface area contributed by atoms with Crippen LogP contribution < -0.4 is 5.32 Å². The van der Waals surface area contributed by atoms with Crippen LogP contribution in [-0.4, -0.2) is 57.5 Å². The van der Waals surface area contributed by atoms with Crippen LogP contribution in [0.3, 0.4) is 0 Å². The monoisotopic (exact) mass is 300 g/mol. The third kappa shape index (κ3) is 3.01. The summed E-state index contributed by atoms with van der Waals surface area (Å²) in [5, 5.41) is 30.5. The van der Waals surface area contributed by atoms with Gasteiger partial charge < -0.3 is 25.5 Å². The summed E-state index contributed by atoms with van der Waals surface area (Å²) < 4.78 is 0. The minimum atomic E-state index is -1.22. The van der Waals surface area contributed by atoms with Crippen molar-refractivity contribution in [2.24, 2.45) is 0 Å². The smallest absolute Gasteiger partial charge is 0.337 e. The van der Waals surface area contributed by atoms with Gasteiger partial charge in [0.2, 0.25) is 0 Å². The lowest BCUT2D eigenvalue weighted by molar-refractivity contribution is 0.0572. The van der Waals surface area contributed by atoms with E-state index in [-0.39, 0.29) is 29.4 Å². The standard InChI is InChI=1S/C12H13ClN2O5/c13-6-1-2-8(7(3-6)11(18)19)14-12(20)15-4-9(16)10(17)5-15/h1-3,9-10,16-17H,4-5H2,(H,14,20)(H,18,19). The number of nitrogens with one attached hydrogen (secondary N) is 1. The maximum Gasteiger partial charge on any atom is 0.337 e. The predicted molar refractivity (Wildman–Crippen MR) is 71.0 cm³/mol. The predicted octanol–water partition coefficient (Wildman–Crippen LogP) is 0.607. The Balaban J connectivity index is 2.14. The van der Waals surface area contributed by atoms with Crippen LogP contribution in [0.2, 0.25) is 5.02 Å². The van der Waals surface area contributed by atoms with Gasteiger partial charge >= 0.3 is 12.0 Å². The Hall–Kier alpha value is -1.83. The number of nitrogens with zero attached hydrogens (tertiary/aromatic N) is 1. The lowest BCUT2D eigenvalue weighted by atomic mass is 10.2. The summed E-state index contributed by atoms with van der Waals surface area (Å²) >= 11 is 5.71. The average molecular weight is 301 g/mol. The molecule has 2 amide bonds. The molecule has 8 heteroatoms. The molecule has 0 radical (unpaired) electrons. The number of aromatic carboxylic acids is 1. The van der Waals surface area contributed by atoms with E-state index in [0.717, 1.165) is 0 Å². The van der Waals surface area contributed by atoms with Crippen molar-refractivity contribution < 1.29 is 24.9 Å². The molecule has 1 heterocycles. The molecule has 0 spiro atoms. The maximum absolute atomic E-state index is 11.9. The maximum atomic E-state index is 11.9. The van der Waals surface area contributed by atoms with E-state index in [9.17, 15) is 19.8 Å². The van der Waals surface area contributed by atoms with Gasteiger partial charge in [-0.05, 0) is 18.2 Å². The number of carbonyl (C=O) groups excluding carboxylic acids is 1. The lowest BCUT2D eigenvalue weighted by Crippen LogP contribution is -2.34.